The minimum Gasteiger partial charge on any atom is -0.481 e. The number of carbonyl (C=O) groups excluding carboxylic acids is 1. The number of hydrogen-bond acceptors (Lipinski definition) is 2. The normalized spacial score (nSPS) is 22.0. The van der Waals surface area contributed by atoms with Gasteiger partial charge in [-0.3, -0.25) is 9.59 Å². The molecular formula is C17H23NO3. The highest BCUT2D eigenvalue weighted by Crippen LogP contribution is 2.24. The number of benzene rings is 1. The van der Waals surface area contributed by atoms with Gasteiger partial charge < -0.3 is 10.4 Å². The molecule has 1 amide bonds. The van der Waals surface area contributed by atoms with Crippen molar-refractivity contribution in [3.8, 4) is 0 Å². The molecule has 0 heterocycles. The first-order valence-corrected chi connectivity index (χ1v) is 7.61. The molecule has 0 aliphatic heterocycles. The molecule has 4 nitrogen and oxygen atoms in total. The van der Waals surface area contributed by atoms with E-state index >= 15 is 0 Å². The molecule has 1 saturated carbocycles. The quantitative estimate of drug-likeness (QED) is 0.894. The summed E-state index contributed by atoms with van der Waals surface area (Å²) < 4.78 is 0. The molecule has 0 unspecified atom stereocenters. The molecule has 1 aromatic carbocycles. The number of carbonyl (C=O) groups is 2. The van der Waals surface area contributed by atoms with Gasteiger partial charge in [0, 0.05) is 11.6 Å². The van der Waals surface area contributed by atoms with E-state index < -0.39 is 5.97 Å². The molecular weight excluding hydrogens is 266 g/mol. The molecule has 0 atom stereocenters. The maximum Gasteiger partial charge on any atom is 0.306 e. The summed E-state index contributed by atoms with van der Waals surface area (Å²) in [6.45, 7) is 4.24. The maximum atomic E-state index is 12.2. The van der Waals surface area contributed by atoms with Crippen LogP contribution in [0.15, 0.2) is 24.3 Å². The van der Waals surface area contributed by atoms with E-state index in [1.165, 1.54) is 5.56 Å². The molecule has 0 bridgehead atoms. The van der Waals surface area contributed by atoms with Gasteiger partial charge in [-0.05, 0) is 49.3 Å². The van der Waals surface area contributed by atoms with Crippen molar-refractivity contribution in [3.63, 3.8) is 0 Å². The van der Waals surface area contributed by atoms with Gasteiger partial charge in [0.25, 0.3) is 5.91 Å². The Morgan fingerprint density at radius 2 is 1.67 bits per heavy atom. The molecule has 0 radical (unpaired) electrons. The third kappa shape index (κ3) is 4.06. The van der Waals surface area contributed by atoms with E-state index in [2.05, 4.69) is 19.2 Å². The summed E-state index contributed by atoms with van der Waals surface area (Å²) in [5.41, 5.74) is 1.88. The van der Waals surface area contributed by atoms with Gasteiger partial charge in [0.1, 0.15) is 0 Å². The highest BCUT2D eigenvalue weighted by molar-refractivity contribution is 5.94. The van der Waals surface area contributed by atoms with Crippen molar-refractivity contribution in [2.45, 2.75) is 51.5 Å². The summed E-state index contributed by atoms with van der Waals surface area (Å²) in [5, 5.41) is 12.0. The van der Waals surface area contributed by atoms with E-state index in [1.54, 1.807) is 0 Å². The van der Waals surface area contributed by atoms with Crippen molar-refractivity contribution in [1.82, 2.24) is 5.32 Å². The minimum atomic E-state index is -0.718. The van der Waals surface area contributed by atoms with Gasteiger partial charge in [0.15, 0.2) is 0 Å². The predicted molar refractivity (Wildman–Crippen MR) is 81.4 cm³/mol. The lowest BCUT2D eigenvalue weighted by Crippen LogP contribution is -2.38. The second-order valence-electron chi connectivity index (χ2n) is 6.14. The smallest absolute Gasteiger partial charge is 0.306 e. The van der Waals surface area contributed by atoms with Crippen LogP contribution in [0.4, 0.5) is 0 Å². The summed E-state index contributed by atoms with van der Waals surface area (Å²) in [6.07, 6.45) is 2.78. The predicted octanol–water partition coefficient (Wildman–Crippen LogP) is 3.18. The molecule has 21 heavy (non-hydrogen) atoms. The van der Waals surface area contributed by atoms with E-state index in [0.717, 1.165) is 12.8 Å². The van der Waals surface area contributed by atoms with Gasteiger partial charge in [0.05, 0.1) is 5.92 Å². The second kappa shape index (κ2) is 6.74. The largest absolute Gasteiger partial charge is 0.481 e. The number of carboxylic acid groups (broad SMARTS) is 1. The fourth-order valence-electron chi connectivity index (χ4n) is 2.77. The van der Waals surface area contributed by atoms with E-state index in [0.29, 0.717) is 24.3 Å². The van der Waals surface area contributed by atoms with Crippen molar-refractivity contribution in [2.75, 3.05) is 0 Å². The van der Waals surface area contributed by atoms with Crippen LogP contribution in [0.2, 0.25) is 0 Å². The third-order valence-corrected chi connectivity index (χ3v) is 4.25. The lowest BCUT2D eigenvalue weighted by atomic mass is 9.86. The number of nitrogens with one attached hydrogen (secondary N) is 1. The zero-order chi connectivity index (χ0) is 15.4. The lowest BCUT2D eigenvalue weighted by Gasteiger charge is -2.26. The summed E-state index contributed by atoms with van der Waals surface area (Å²) >= 11 is 0. The molecule has 1 aliphatic rings. The van der Waals surface area contributed by atoms with Crippen LogP contribution < -0.4 is 5.32 Å². The first-order valence-electron chi connectivity index (χ1n) is 7.61. The van der Waals surface area contributed by atoms with Crippen molar-refractivity contribution in [3.05, 3.63) is 35.4 Å². The van der Waals surface area contributed by atoms with Gasteiger partial charge in [-0.15, -0.1) is 0 Å². The standard InChI is InChI=1S/C17H23NO3/c1-11(2)12-3-5-13(6-4-12)16(19)18-15-9-7-14(8-10-15)17(20)21/h3-6,11,14-15H,7-10H2,1-2H3,(H,18,19)(H,20,21). The van der Waals surface area contributed by atoms with Gasteiger partial charge >= 0.3 is 5.97 Å². The number of amides is 1. The van der Waals surface area contributed by atoms with Crippen LogP contribution in [0.5, 0.6) is 0 Å². The maximum absolute atomic E-state index is 12.2. The number of carboxylic acids is 1. The highest BCUT2D eigenvalue weighted by atomic mass is 16.4. The summed E-state index contributed by atoms with van der Waals surface area (Å²) in [6, 6.07) is 7.78. The molecule has 114 valence electrons. The first-order chi connectivity index (χ1) is 9.97. The van der Waals surface area contributed by atoms with Crippen LogP contribution in [-0.2, 0) is 4.79 Å². The van der Waals surface area contributed by atoms with Crippen LogP contribution in [0, 0.1) is 5.92 Å². The Morgan fingerprint density at radius 3 is 2.14 bits per heavy atom. The van der Waals surface area contributed by atoms with Crippen molar-refractivity contribution >= 4 is 11.9 Å². The molecule has 0 spiro atoms. The Kier molecular flexibility index (Phi) is 4.99. The number of hydrogen-bond donors (Lipinski definition) is 2. The van der Waals surface area contributed by atoms with Gasteiger partial charge in [-0.2, -0.15) is 0 Å². The Bertz CT molecular complexity index is 499. The zero-order valence-corrected chi connectivity index (χ0v) is 12.6. The van der Waals surface area contributed by atoms with Gasteiger partial charge in [0.2, 0.25) is 0 Å². The topological polar surface area (TPSA) is 66.4 Å². The van der Waals surface area contributed by atoms with E-state index in [-0.39, 0.29) is 17.9 Å². The van der Waals surface area contributed by atoms with Crippen molar-refractivity contribution in [2.24, 2.45) is 5.92 Å². The molecule has 2 rings (SSSR count). The zero-order valence-electron chi connectivity index (χ0n) is 12.6. The van der Waals surface area contributed by atoms with Gasteiger partial charge in [-0.25, -0.2) is 0 Å². The molecule has 1 aromatic rings. The fourth-order valence-corrected chi connectivity index (χ4v) is 2.77. The second-order valence-corrected chi connectivity index (χ2v) is 6.14. The van der Waals surface area contributed by atoms with Crippen LogP contribution >= 0.6 is 0 Å². The summed E-state index contributed by atoms with van der Waals surface area (Å²) in [4.78, 5) is 23.1. The van der Waals surface area contributed by atoms with Crippen molar-refractivity contribution < 1.29 is 14.7 Å². The molecule has 2 N–H and O–H groups in total. The number of rotatable bonds is 4. The lowest BCUT2D eigenvalue weighted by molar-refractivity contribution is -0.142. The van der Waals surface area contributed by atoms with Crippen LogP contribution in [0.1, 0.15) is 61.4 Å². The fraction of sp³-hybridized carbons (Fsp3) is 0.529. The SMILES string of the molecule is CC(C)c1ccc(C(=O)NC2CCC(C(=O)O)CC2)cc1. The average Bonchev–Trinajstić information content (AvgIpc) is 2.47. The molecule has 0 saturated heterocycles. The first kappa shape index (κ1) is 15.5. The summed E-state index contributed by atoms with van der Waals surface area (Å²) in [5.74, 6) is -0.579. The molecule has 1 aliphatic carbocycles. The van der Waals surface area contributed by atoms with E-state index in [9.17, 15) is 9.59 Å². The van der Waals surface area contributed by atoms with Gasteiger partial charge in [-0.1, -0.05) is 26.0 Å². The summed E-state index contributed by atoms with van der Waals surface area (Å²) in [7, 11) is 0. The Labute approximate surface area is 125 Å². The highest BCUT2D eigenvalue weighted by Gasteiger charge is 2.26. The van der Waals surface area contributed by atoms with E-state index in [4.69, 9.17) is 5.11 Å². The minimum absolute atomic E-state index is 0.0657. The van der Waals surface area contributed by atoms with Crippen molar-refractivity contribution in [1.29, 1.82) is 0 Å². The molecule has 0 aromatic heterocycles. The van der Waals surface area contributed by atoms with E-state index in [1.807, 2.05) is 24.3 Å². The van der Waals surface area contributed by atoms with Crippen LogP contribution in [0.25, 0.3) is 0 Å². The van der Waals surface area contributed by atoms with Crippen LogP contribution in [0.3, 0.4) is 0 Å². The Morgan fingerprint density at radius 1 is 1.10 bits per heavy atom. The molecule has 4 heteroatoms. The third-order valence-electron chi connectivity index (χ3n) is 4.25. The molecule has 1 fully saturated rings. The van der Waals surface area contributed by atoms with Crippen LogP contribution in [-0.4, -0.2) is 23.0 Å². The number of aliphatic carboxylic acids is 1. The Hall–Kier alpha value is -1.84. The monoisotopic (exact) mass is 289 g/mol. The average molecular weight is 289 g/mol. The Balaban J connectivity index is 1.89.